The van der Waals surface area contributed by atoms with Crippen molar-refractivity contribution in [1.29, 1.82) is 0 Å². The molecule has 3 nitrogen and oxygen atoms in total. The van der Waals surface area contributed by atoms with E-state index in [1.54, 1.807) is 0 Å². The van der Waals surface area contributed by atoms with Crippen molar-refractivity contribution in [2.24, 2.45) is 5.92 Å². The molecule has 2 heterocycles. The fourth-order valence-electron chi connectivity index (χ4n) is 3.94. The van der Waals surface area contributed by atoms with Crippen LogP contribution in [0.4, 0.5) is 0 Å². The van der Waals surface area contributed by atoms with Gasteiger partial charge in [-0.25, -0.2) is 0 Å². The smallest absolute Gasteiger partial charge is 0.0721 e. The van der Waals surface area contributed by atoms with Crippen molar-refractivity contribution in [1.82, 2.24) is 15.1 Å². The van der Waals surface area contributed by atoms with Crippen LogP contribution in [-0.4, -0.2) is 21.9 Å². The molecule has 1 aromatic carbocycles. The van der Waals surface area contributed by atoms with E-state index in [1.165, 1.54) is 35.9 Å². The van der Waals surface area contributed by atoms with Gasteiger partial charge in [-0.3, -0.25) is 4.68 Å². The number of hydrogen-bond donors (Lipinski definition) is 1. The zero-order chi connectivity index (χ0) is 14.9. The van der Waals surface area contributed by atoms with E-state index >= 15 is 0 Å². The number of rotatable bonds is 5. The minimum absolute atomic E-state index is 0.254. The molecule has 114 valence electrons. The van der Waals surface area contributed by atoms with Crippen LogP contribution in [0.5, 0.6) is 0 Å². The summed E-state index contributed by atoms with van der Waals surface area (Å²) in [7, 11) is 0. The number of benzene rings is 1. The highest BCUT2D eigenvalue weighted by Gasteiger charge is 2.35. The predicted octanol–water partition coefficient (Wildman–Crippen LogP) is 3.77. The Hall–Kier alpha value is -1.35. The highest BCUT2D eigenvalue weighted by molar-refractivity contribution is 5.82. The average Bonchev–Trinajstić information content (AvgIpc) is 3.04. The summed E-state index contributed by atoms with van der Waals surface area (Å²) < 4.78 is 2.14. The summed E-state index contributed by atoms with van der Waals surface area (Å²) in [6.45, 7) is 8.90. The van der Waals surface area contributed by atoms with Crippen LogP contribution in [-0.2, 0) is 13.0 Å². The van der Waals surface area contributed by atoms with Gasteiger partial charge in [0.1, 0.15) is 0 Å². The van der Waals surface area contributed by atoms with Crippen LogP contribution >= 0.6 is 0 Å². The summed E-state index contributed by atoms with van der Waals surface area (Å²) in [6, 6.07) is 8.65. The van der Waals surface area contributed by atoms with Crippen molar-refractivity contribution in [2.75, 3.05) is 6.54 Å². The first kappa shape index (κ1) is 14.6. The van der Waals surface area contributed by atoms with Gasteiger partial charge >= 0.3 is 0 Å². The molecule has 1 fully saturated rings. The maximum atomic E-state index is 4.90. The number of nitrogens with one attached hydrogen (secondary N) is 1. The third-order valence-corrected chi connectivity index (χ3v) is 4.67. The SMILES string of the molecule is CCn1nc(CC2(CC(C)C)CCCN2)c2ccccc21. The molecule has 1 aliphatic rings. The zero-order valence-electron chi connectivity index (χ0n) is 13.5. The molecule has 3 rings (SSSR count). The minimum atomic E-state index is 0.254. The first-order valence-electron chi connectivity index (χ1n) is 8.33. The maximum Gasteiger partial charge on any atom is 0.0721 e. The normalized spacial score (nSPS) is 22.5. The third-order valence-electron chi connectivity index (χ3n) is 4.67. The van der Waals surface area contributed by atoms with Gasteiger partial charge in [0.2, 0.25) is 0 Å². The molecule has 2 aromatic rings. The van der Waals surface area contributed by atoms with Crippen molar-refractivity contribution in [2.45, 2.75) is 58.5 Å². The zero-order valence-corrected chi connectivity index (χ0v) is 13.5. The minimum Gasteiger partial charge on any atom is -0.311 e. The fourth-order valence-corrected chi connectivity index (χ4v) is 3.94. The van der Waals surface area contributed by atoms with Gasteiger partial charge in [0, 0.05) is 23.9 Å². The monoisotopic (exact) mass is 285 g/mol. The summed E-state index contributed by atoms with van der Waals surface area (Å²) in [5.41, 5.74) is 2.79. The molecule has 1 aromatic heterocycles. The molecule has 0 amide bonds. The number of fused-ring (bicyclic) bond motifs is 1. The van der Waals surface area contributed by atoms with Crippen LogP contribution in [0.25, 0.3) is 10.9 Å². The maximum absolute atomic E-state index is 4.90. The van der Waals surface area contributed by atoms with Crippen molar-refractivity contribution in [3.8, 4) is 0 Å². The second-order valence-electron chi connectivity index (χ2n) is 6.87. The van der Waals surface area contributed by atoms with E-state index in [1.807, 2.05) is 0 Å². The number of para-hydroxylation sites is 1. The molecular formula is C18H27N3. The number of nitrogens with zero attached hydrogens (tertiary/aromatic N) is 2. The van der Waals surface area contributed by atoms with E-state index in [-0.39, 0.29) is 5.54 Å². The first-order chi connectivity index (χ1) is 10.1. The molecule has 0 spiro atoms. The highest BCUT2D eigenvalue weighted by atomic mass is 15.3. The summed E-state index contributed by atoms with van der Waals surface area (Å²) in [4.78, 5) is 0. The molecule has 1 aliphatic heterocycles. The Labute approximate surface area is 127 Å². The number of aryl methyl sites for hydroxylation is 1. The van der Waals surface area contributed by atoms with E-state index in [2.05, 4.69) is 55.0 Å². The second kappa shape index (κ2) is 5.80. The summed E-state index contributed by atoms with van der Waals surface area (Å²) in [6.07, 6.45) is 4.86. The number of hydrogen-bond acceptors (Lipinski definition) is 2. The molecular weight excluding hydrogens is 258 g/mol. The Balaban J connectivity index is 1.96. The van der Waals surface area contributed by atoms with Crippen molar-refractivity contribution in [3.05, 3.63) is 30.0 Å². The predicted molar refractivity (Wildman–Crippen MR) is 88.5 cm³/mol. The molecule has 1 saturated heterocycles. The van der Waals surface area contributed by atoms with Gasteiger partial charge in [0.05, 0.1) is 11.2 Å². The van der Waals surface area contributed by atoms with Crippen molar-refractivity contribution < 1.29 is 0 Å². The summed E-state index contributed by atoms with van der Waals surface area (Å²) in [5.74, 6) is 0.718. The van der Waals surface area contributed by atoms with Crippen LogP contribution in [0.1, 0.15) is 45.7 Å². The quantitative estimate of drug-likeness (QED) is 0.906. The van der Waals surface area contributed by atoms with Gasteiger partial charge in [0.25, 0.3) is 0 Å². The Morgan fingerprint density at radius 3 is 2.81 bits per heavy atom. The van der Waals surface area contributed by atoms with E-state index in [9.17, 15) is 0 Å². The van der Waals surface area contributed by atoms with Crippen LogP contribution in [0.15, 0.2) is 24.3 Å². The van der Waals surface area contributed by atoms with E-state index in [0.29, 0.717) is 0 Å². The van der Waals surface area contributed by atoms with Gasteiger partial charge in [-0.1, -0.05) is 32.0 Å². The van der Waals surface area contributed by atoms with Crippen LogP contribution in [0, 0.1) is 5.92 Å². The van der Waals surface area contributed by atoms with Gasteiger partial charge in [-0.05, 0) is 44.7 Å². The average molecular weight is 285 g/mol. The Kier molecular flexibility index (Phi) is 4.03. The molecule has 0 bridgehead atoms. The molecule has 0 saturated carbocycles. The van der Waals surface area contributed by atoms with Crippen molar-refractivity contribution in [3.63, 3.8) is 0 Å². The molecule has 1 unspecified atom stereocenters. The largest absolute Gasteiger partial charge is 0.311 e. The van der Waals surface area contributed by atoms with Gasteiger partial charge in [-0.2, -0.15) is 5.10 Å². The number of aromatic nitrogens is 2. The molecule has 0 aliphatic carbocycles. The Morgan fingerprint density at radius 1 is 1.33 bits per heavy atom. The molecule has 21 heavy (non-hydrogen) atoms. The lowest BCUT2D eigenvalue weighted by Gasteiger charge is -2.31. The Morgan fingerprint density at radius 2 is 2.14 bits per heavy atom. The second-order valence-corrected chi connectivity index (χ2v) is 6.87. The van der Waals surface area contributed by atoms with Gasteiger partial charge in [0.15, 0.2) is 0 Å². The lowest BCUT2D eigenvalue weighted by Crippen LogP contribution is -2.43. The lowest BCUT2D eigenvalue weighted by molar-refractivity contribution is 0.299. The molecule has 0 radical (unpaired) electrons. The first-order valence-corrected chi connectivity index (χ1v) is 8.33. The summed E-state index contributed by atoms with van der Waals surface area (Å²) in [5, 5.41) is 10.0. The van der Waals surface area contributed by atoms with Gasteiger partial charge in [-0.15, -0.1) is 0 Å². The molecule has 3 heteroatoms. The Bertz CT molecular complexity index is 606. The highest BCUT2D eigenvalue weighted by Crippen LogP contribution is 2.32. The van der Waals surface area contributed by atoms with E-state index in [4.69, 9.17) is 5.10 Å². The van der Waals surface area contributed by atoms with Crippen molar-refractivity contribution >= 4 is 10.9 Å². The van der Waals surface area contributed by atoms with Crippen LogP contribution in [0.3, 0.4) is 0 Å². The van der Waals surface area contributed by atoms with Crippen LogP contribution < -0.4 is 5.32 Å². The standard InChI is InChI=1S/C18H27N3/c1-4-21-17-9-6-5-8-15(17)16(20-21)13-18(12-14(2)3)10-7-11-19-18/h5-6,8-9,14,19H,4,7,10-13H2,1-3H3. The summed E-state index contributed by atoms with van der Waals surface area (Å²) >= 11 is 0. The van der Waals surface area contributed by atoms with Crippen LogP contribution in [0.2, 0.25) is 0 Å². The van der Waals surface area contributed by atoms with E-state index in [0.717, 1.165) is 25.4 Å². The molecule has 1 atom stereocenters. The van der Waals surface area contributed by atoms with Gasteiger partial charge < -0.3 is 5.32 Å². The van der Waals surface area contributed by atoms with E-state index < -0.39 is 0 Å². The topological polar surface area (TPSA) is 29.9 Å². The lowest BCUT2D eigenvalue weighted by atomic mass is 9.83. The third kappa shape index (κ3) is 2.84. The fraction of sp³-hybridized carbons (Fsp3) is 0.611. The molecule has 1 N–H and O–H groups in total.